The normalized spacial score (nSPS) is 13.8. The van der Waals surface area contributed by atoms with E-state index in [4.69, 9.17) is 16.1 Å². The number of nitrogens with zero attached hydrogens (tertiary/aromatic N) is 1. The molecule has 0 aromatic heterocycles. The topological polar surface area (TPSA) is 55.7 Å². The second-order valence-electron chi connectivity index (χ2n) is 2.35. The second-order valence-corrected chi connectivity index (χ2v) is 4.97. The molecule has 1 rings (SSSR count). The number of carbonyl (C=O) groups excluding carboxylic acids is 1. The Balaban J connectivity index is 2.86. The minimum Gasteiger partial charge on any atom is -0.427 e. The molecule has 0 saturated heterocycles. The Morgan fingerprint density at radius 3 is 2.57 bits per heavy atom. The van der Waals surface area contributed by atoms with Gasteiger partial charge in [0.05, 0.1) is 0 Å². The van der Waals surface area contributed by atoms with Crippen molar-refractivity contribution < 1.29 is 13.9 Å². The van der Waals surface area contributed by atoms with Gasteiger partial charge in [-0.25, -0.2) is 9.36 Å². The monoisotopic (exact) mass is 231 g/mol. The van der Waals surface area contributed by atoms with Crippen LogP contribution in [0.2, 0.25) is 0 Å². The number of halogens is 1. The number of alkyl halides is 1. The van der Waals surface area contributed by atoms with E-state index in [9.17, 15) is 9.36 Å². The van der Waals surface area contributed by atoms with Crippen molar-refractivity contribution in [1.29, 1.82) is 0 Å². The number of hydrogen-bond donors (Lipinski definition) is 0. The van der Waals surface area contributed by atoms with Crippen LogP contribution in [-0.4, -0.2) is 11.7 Å². The van der Waals surface area contributed by atoms with E-state index >= 15 is 0 Å². The van der Waals surface area contributed by atoms with Gasteiger partial charge in [0.15, 0.2) is 0 Å². The highest BCUT2D eigenvalue weighted by Gasteiger charge is 2.22. The molecule has 1 aromatic carbocycles. The maximum atomic E-state index is 11.6. The van der Waals surface area contributed by atoms with Gasteiger partial charge in [-0.05, 0) is 12.1 Å². The van der Waals surface area contributed by atoms with Gasteiger partial charge in [0.2, 0.25) is 6.08 Å². The molecular formula is C8H7ClNO3P. The number of isocyanates is 1. The Kier molecular flexibility index (Phi) is 3.90. The third-order valence-electron chi connectivity index (χ3n) is 1.34. The van der Waals surface area contributed by atoms with Gasteiger partial charge in [-0.2, -0.15) is 0 Å². The van der Waals surface area contributed by atoms with E-state index in [1.165, 1.54) is 6.08 Å². The van der Waals surface area contributed by atoms with E-state index in [1.807, 2.05) is 0 Å². The fraction of sp³-hybridized carbons (Fsp3) is 0.125. The predicted molar refractivity (Wildman–Crippen MR) is 53.5 cm³/mol. The van der Waals surface area contributed by atoms with Crippen molar-refractivity contribution in [3.8, 4) is 5.75 Å². The van der Waals surface area contributed by atoms with Crippen LogP contribution in [0.4, 0.5) is 0 Å². The molecule has 0 aliphatic rings. The summed E-state index contributed by atoms with van der Waals surface area (Å²) in [5.41, 5.74) is -0.350. The highest BCUT2D eigenvalue weighted by atomic mass is 35.5. The predicted octanol–water partition coefficient (Wildman–Crippen LogP) is 2.79. The Hall–Kier alpha value is -1.08. The number of para-hydroxylation sites is 1. The fourth-order valence-electron chi connectivity index (χ4n) is 0.780. The number of rotatable bonds is 4. The molecular weight excluding hydrogens is 225 g/mol. The lowest BCUT2D eigenvalue weighted by Gasteiger charge is -2.09. The van der Waals surface area contributed by atoms with Crippen LogP contribution >= 0.6 is 19.1 Å². The van der Waals surface area contributed by atoms with E-state index < -0.39 is 7.52 Å². The fourth-order valence-corrected chi connectivity index (χ4v) is 1.81. The first-order valence-electron chi connectivity index (χ1n) is 3.69. The summed E-state index contributed by atoms with van der Waals surface area (Å²) in [6.45, 7) is 0. The van der Waals surface area contributed by atoms with E-state index in [0.717, 1.165) is 0 Å². The van der Waals surface area contributed by atoms with Crippen LogP contribution < -0.4 is 4.52 Å². The van der Waals surface area contributed by atoms with Crippen molar-refractivity contribution in [2.24, 2.45) is 4.76 Å². The first kappa shape index (κ1) is 11.0. The molecule has 0 radical (unpaired) electrons. The average Bonchev–Trinajstić information content (AvgIpc) is 2.20. The minimum absolute atomic E-state index is 0.350. The molecule has 0 spiro atoms. The third kappa shape index (κ3) is 3.00. The highest BCUT2D eigenvalue weighted by Crippen LogP contribution is 2.48. The quantitative estimate of drug-likeness (QED) is 0.346. The van der Waals surface area contributed by atoms with Crippen molar-refractivity contribution >= 4 is 25.2 Å². The van der Waals surface area contributed by atoms with Crippen LogP contribution in [0.15, 0.2) is 35.1 Å². The average molecular weight is 232 g/mol. The summed E-state index contributed by atoms with van der Waals surface area (Å²) in [6.07, 6.45) is 1.18. The van der Waals surface area contributed by atoms with Gasteiger partial charge in [0.25, 0.3) is 0 Å². The van der Waals surface area contributed by atoms with Gasteiger partial charge in [0, 0.05) is 0 Å². The number of hydrogen-bond acceptors (Lipinski definition) is 3. The summed E-state index contributed by atoms with van der Waals surface area (Å²) in [6, 6.07) is 8.39. The smallest absolute Gasteiger partial charge is 0.386 e. The van der Waals surface area contributed by atoms with Crippen molar-refractivity contribution in [2.45, 2.75) is 0 Å². The molecule has 74 valence electrons. The largest absolute Gasteiger partial charge is 0.427 e. The molecule has 0 amide bonds. The first-order valence-corrected chi connectivity index (χ1v) is 5.99. The van der Waals surface area contributed by atoms with E-state index in [-0.39, 0.29) is 5.62 Å². The van der Waals surface area contributed by atoms with Crippen molar-refractivity contribution in [3.63, 3.8) is 0 Å². The Morgan fingerprint density at radius 2 is 2.07 bits per heavy atom. The molecule has 6 heteroatoms. The van der Waals surface area contributed by atoms with Gasteiger partial charge in [-0.15, -0.1) is 16.4 Å². The minimum atomic E-state index is -3.46. The van der Waals surface area contributed by atoms with Crippen LogP contribution in [0, 0.1) is 0 Å². The lowest BCUT2D eigenvalue weighted by molar-refractivity contribution is 0.487. The van der Waals surface area contributed by atoms with Gasteiger partial charge in [-0.3, -0.25) is 0 Å². The standard InChI is InChI=1S/C8H7ClNO3P/c9-6-14(12,10-7-11)13-8-4-2-1-3-5-8/h1-5H,6H2. The molecule has 0 heterocycles. The van der Waals surface area contributed by atoms with Crippen LogP contribution in [0.1, 0.15) is 0 Å². The molecule has 0 fully saturated rings. The zero-order chi connectivity index (χ0) is 10.4. The van der Waals surface area contributed by atoms with Crippen molar-refractivity contribution in [2.75, 3.05) is 5.62 Å². The van der Waals surface area contributed by atoms with Crippen LogP contribution in [0.3, 0.4) is 0 Å². The first-order chi connectivity index (χ1) is 6.70. The molecule has 4 nitrogen and oxygen atoms in total. The molecule has 0 aliphatic heterocycles. The molecule has 1 atom stereocenters. The Bertz CT molecular complexity index is 389. The molecule has 0 saturated carbocycles. The molecule has 14 heavy (non-hydrogen) atoms. The lowest BCUT2D eigenvalue weighted by Crippen LogP contribution is -1.91. The summed E-state index contributed by atoms with van der Waals surface area (Å²) in [5.74, 6) is 0.357. The van der Waals surface area contributed by atoms with Crippen molar-refractivity contribution in [3.05, 3.63) is 30.3 Å². The van der Waals surface area contributed by atoms with Crippen LogP contribution in [-0.2, 0) is 9.36 Å². The lowest BCUT2D eigenvalue weighted by atomic mass is 10.3. The van der Waals surface area contributed by atoms with E-state index in [2.05, 4.69) is 4.76 Å². The molecule has 1 unspecified atom stereocenters. The van der Waals surface area contributed by atoms with Crippen LogP contribution in [0.25, 0.3) is 0 Å². The maximum Gasteiger partial charge on any atom is 0.386 e. The van der Waals surface area contributed by atoms with E-state index in [0.29, 0.717) is 5.75 Å². The zero-order valence-corrected chi connectivity index (χ0v) is 8.74. The van der Waals surface area contributed by atoms with Gasteiger partial charge < -0.3 is 4.52 Å². The van der Waals surface area contributed by atoms with Gasteiger partial charge >= 0.3 is 7.52 Å². The Labute approximate surface area is 86.1 Å². The van der Waals surface area contributed by atoms with Gasteiger partial charge in [0.1, 0.15) is 11.4 Å². The summed E-state index contributed by atoms with van der Waals surface area (Å²) in [4.78, 5) is 9.97. The summed E-state index contributed by atoms with van der Waals surface area (Å²) in [7, 11) is -3.46. The molecule has 1 aromatic rings. The molecule has 0 aliphatic carbocycles. The summed E-state index contributed by atoms with van der Waals surface area (Å²) < 4.78 is 19.6. The number of benzene rings is 1. The van der Waals surface area contributed by atoms with Crippen molar-refractivity contribution in [1.82, 2.24) is 0 Å². The second kappa shape index (κ2) is 4.97. The zero-order valence-electron chi connectivity index (χ0n) is 7.09. The summed E-state index contributed by atoms with van der Waals surface area (Å²) in [5, 5.41) is 0. The van der Waals surface area contributed by atoms with Crippen LogP contribution in [0.5, 0.6) is 5.75 Å². The molecule has 0 bridgehead atoms. The maximum absolute atomic E-state index is 11.6. The highest BCUT2D eigenvalue weighted by molar-refractivity contribution is 7.59. The molecule has 0 N–H and O–H groups in total. The third-order valence-corrected chi connectivity index (χ3v) is 3.43. The van der Waals surface area contributed by atoms with E-state index in [1.54, 1.807) is 30.3 Å². The van der Waals surface area contributed by atoms with Gasteiger partial charge in [-0.1, -0.05) is 18.2 Å². The Morgan fingerprint density at radius 1 is 1.43 bits per heavy atom. The SMILES string of the molecule is O=C=NP(=O)(CCl)Oc1ccccc1. The summed E-state index contributed by atoms with van der Waals surface area (Å²) >= 11 is 5.38.